The molecule has 2 rings (SSSR count). The number of benzene rings is 1. The molecule has 0 saturated carbocycles. The van der Waals surface area contributed by atoms with Crippen LogP contribution in [0.15, 0.2) is 24.3 Å². The van der Waals surface area contributed by atoms with Crippen molar-refractivity contribution in [3.8, 4) is 5.69 Å². The monoisotopic (exact) mass is 398 g/mol. The highest BCUT2D eigenvalue weighted by molar-refractivity contribution is 5.90. The van der Waals surface area contributed by atoms with Crippen LogP contribution < -0.4 is 0 Å². The summed E-state index contributed by atoms with van der Waals surface area (Å²) in [4.78, 5) is 12.2. The molecule has 1 heterocycles. The molecule has 1 atom stereocenters. The third kappa shape index (κ3) is 5.71. The van der Waals surface area contributed by atoms with E-state index in [1.165, 1.54) is 5.56 Å². The quantitative estimate of drug-likeness (QED) is 0.596. The van der Waals surface area contributed by atoms with E-state index in [-0.39, 0.29) is 16.7 Å². The Morgan fingerprint density at radius 3 is 2.00 bits per heavy atom. The van der Waals surface area contributed by atoms with Crippen molar-refractivity contribution in [2.45, 2.75) is 86.5 Å². The summed E-state index contributed by atoms with van der Waals surface area (Å²) in [5, 5.41) is 14.8. The normalized spacial score (nSPS) is 13.7. The molecule has 0 aliphatic heterocycles. The Labute approximate surface area is 176 Å². The van der Waals surface area contributed by atoms with Crippen molar-refractivity contribution >= 4 is 5.97 Å². The molecule has 1 unspecified atom stereocenters. The van der Waals surface area contributed by atoms with Gasteiger partial charge in [-0.25, -0.2) is 9.48 Å². The van der Waals surface area contributed by atoms with Gasteiger partial charge < -0.3 is 5.11 Å². The molecular formula is C25H38N2O2. The van der Waals surface area contributed by atoms with Gasteiger partial charge >= 0.3 is 5.97 Å². The van der Waals surface area contributed by atoms with Crippen LogP contribution in [0.3, 0.4) is 0 Å². The summed E-state index contributed by atoms with van der Waals surface area (Å²) in [6, 6.07) is 8.33. The topological polar surface area (TPSA) is 55.1 Å². The summed E-state index contributed by atoms with van der Waals surface area (Å²) in [6.07, 6.45) is 1.70. The van der Waals surface area contributed by atoms with Gasteiger partial charge in [0.05, 0.1) is 17.1 Å². The average molecular weight is 399 g/mol. The number of carboxylic acids is 1. The number of hydrogen-bond acceptors (Lipinski definition) is 2. The van der Waals surface area contributed by atoms with Crippen molar-refractivity contribution in [3.63, 3.8) is 0 Å². The number of carbonyl (C=O) groups is 1. The lowest BCUT2D eigenvalue weighted by Gasteiger charge is -2.22. The maximum atomic E-state index is 12.2. The van der Waals surface area contributed by atoms with Gasteiger partial charge in [0.1, 0.15) is 5.56 Å². The molecule has 4 heteroatoms. The van der Waals surface area contributed by atoms with Gasteiger partial charge in [-0.05, 0) is 53.2 Å². The minimum Gasteiger partial charge on any atom is -0.478 e. The first-order valence-electron chi connectivity index (χ1n) is 10.7. The van der Waals surface area contributed by atoms with Crippen LogP contribution in [0.5, 0.6) is 0 Å². The molecule has 0 bridgehead atoms. The van der Waals surface area contributed by atoms with Gasteiger partial charge in [-0.15, -0.1) is 0 Å². The molecular weight excluding hydrogens is 360 g/mol. The molecule has 0 saturated heterocycles. The zero-order valence-electron chi connectivity index (χ0n) is 19.6. The summed E-state index contributed by atoms with van der Waals surface area (Å²) in [5.41, 5.74) is 4.28. The van der Waals surface area contributed by atoms with Gasteiger partial charge in [-0.1, -0.05) is 74.4 Å². The zero-order chi connectivity index (χ0) is 22.1. The molecule has 0 spiro atoms. The van der Waals surface area contributed by atoms with Crippen molar-refractivity contribution in [2.24, 2.45) is 11.3 Å². The molecule has 1 aromatic carbocycles. The van der Waals surface area contributed by atoms with Gasteiger partial charge in [0.2, 0.25) is 0 Å². The third-order valence-corrected chi connectivity index (χ3v) is 5.23. The molecule has 0 aliphatic rings. The van der Waals surface area contributed by atoms with Gasteiger partial charge in [0.25, 0.3) is 0 Å². The maximum absolute atomic E-state index is 12.2. The second kappa shape index (κ2) is 8.33. The Morgan fingerprint density at radius 1 is 1.03 bits per heavy atom. The van der Waals surface area contributed by atoms with E-state index in [0.29, 0.717) is 23.6 Å². The number of rotatable bonds is 6. The zero-order valence-corrected chi connectivity index (χ0v) is 19.6. The molecule has 0 amide bonds. The SMILES string of the molecule is CC(Cc1nn(-c2ccc(C(C)(C)C)cc2)c(C(C)C)c1C(=O)O)CC(C)(C)C. The standard InChI is InChI=1S/C25H38N2O2/c1-16(2)22-21(23(28)29)20(14-17(3)15-24(4,5)6)26-27(22)19-12-10-18(11-13-19)25(7,8)9/h10-13,16-17H,14-15H2,1-9H3,(H,28,29). The first kappa shape index (κ1) is 23.2. The van der Waals surface area contributed by atoms with Crippen LogP contribution in [-0.4, -0.2) is 20.9 Å². The third-order valence-electron chi connectivity index (χ3n) is 5.23. The Kier molecular flexibility index (Phi) is 6.66. The van der Waals surface area contributed by atoms with Crippen LogP contribution in [-0.2, 0) is 11.8 Å². The molecule has 0 radical (unpaired) electrons. The highest BCUT2D eigenvalue weighted by Crippen LogP contribution is 2.31. The van der Waals surface area contributed by atoms with Crippen molar-refractivity contribution in [2.75, 3.05) is 0 Å². The fraction of sp³-hybridized carbons (Fsp3) is 0.600. The van der Waals surface area contributed by atoms with Crippen molar-refractivity contribution in [1.82, 2.24) is 9.78 Å². The van der Waals surface area contributed by atoms with Crippen molar-refractivity contribution in [1.29, 1.82) is 0 Å². The second-order valence-corrected chi connectivity index (χ2v) is 10.9. The van der Waals surface area contributed by atoms with Crippen molar-refractivity contribution in [3.05, 3.63) is 46.8 Å². The summed E-state index contributed by atoms with van der Waals surface area (Å²) in [5.74, 6) is -0.466. The van der Waals surface area contributed by atoms with E-state index in [9.17, 15) is 9.90 Å². The Morgan fingerprint density at radius 2 is 1.59 bits per heavy atom. The van der Waals surface area contributed by atoms with Crippen LogP contribution in [0, 0.1) is 11.3 Å². The van der Waals surface area contributed by atoms with Crippen LogP contribution >= 0.6 is 0 Å². The number of hydrogen-bond donors (Lipinski definition) is 1. The lowest BCUT2D eigenvalue weighted by molar-refractivity contribution is 0.0693. The minimum atomic E-state index is -0.885. The van der Waals surface area contributed by atoms with E-state index < -0.39 is 5.97 Å². The van der Waals surface area contributed by atoms with Gasteiger partial charge in [0, 0.05) is 0 Å². The van der Waals surface area contributed by atoms with Crippen LogP contribution in [0.4, 0.5) is 0 Å². The molecule has 0 aliphatic carbocycles. The van der Waals surface area contributed by atoms with E-state index in [2.05, 4.69) is 60.6 Å². The molecule has 1 N–H and O–H groups in total. The van der Waals surface area contributed by atoms with Crippen molar-refractivity contribution < 1.29 is 9.90 Å². The number of aromatic nitrogens is 2. The van der Waals surface area contributed by atoms with Crippen LogP contribution in [0.25, 0.3) is 5.69 Å². The van der Waals surface area contributed by atoms with E-state index in [1.807, 2.05) is 30.7 Å². The minimum absolute atomic E-state index is 0.0579. The lowest BCUT2D eigenvalue weighted by Crippen LogP contribution is -2.14. The highest BCUT2D eigenvalue weighted by atomic mass is 16.4. The summed E-state index contributed by atoms with van der Waals surface area (Å²) < 4.78 is 1.85. The first-order valence-corrected chi connectivity index (χ1v) is 10.7. The van der Waals surface area contributed by atoms with Gasteiger partial charge in [-0.2, -0.15) is 5.10 Å². The summed E-state index contributed by atoms with van der Waals surface area (Å²) >= 11 is 0. The predicted octanol–water partition coefficient (Wildman–Crippen LogP) is 6.61. The van der Waals surface area contributed by atoms with E-state index in [4.69, 9.17) is 5.10 Å². The van der Waals surface area contributed by atoms with Crippen LogP contribution in [0.2, 0.25) is 0 Å². The fourth-order valence-corrected chi connectivity index (χ4v) is 4.13. The number of aromatic carboxylic acids is 1. The molecule has 1 aromatic heterocycles. The Balaban J connectivity index is 2.54. The number of carboxylic acid groups (broad SMARTS) is 1. The van der Waals surface area contributed by atoms with Gasteiger partial charge in [0.15, 0.2) is 0 Å². The molecule has 0 fully saturated rings. The molecule has 2 aromatic rings. The largest absolute Gasteiger partial charge is 0.478 e. The fourth-order valence-electron chi connectivity index (χ4n) is 4.13. The molecule has 29 heavy (non-hydrogen) atoms. The average Bonchev–Trinajstić information content (AvgIpc) is 2.91. The molecule has 160 valence electrons. The summed E-state index contributed by atoms with van der Waals surface area (Å²) in [7, 11) is 0. The first-order chi connectivity index (χ1) is 13.2. The van der Waals surface area contributed by atoms with E-state index >= 15 is 0 Å². The van der Waals surface area contributed by atoms with E-state index in [0.717, 1.165) is 17.8 Å². The van der Waals surface area contributed by atoms with E-state index in [1.54, 1.807) is 0 Å². The maximum Gasteiger partial charge on any atom is 0.339 e. The highest BCUT2D eigenvalue weighted by Gasteiger charge is 2.28. The van der Waals surface area contributed by atoms with Gasteiger partial charge in [-0.3, -0.25) is 0 Å². The van der Waals surface area contributed by atoms with Crippen LogP contribution in [0.1, 0.15) is 102 Å². The Hall–Kier alpha value is -2.10. The molecule has 4 nitrogen and oxygen atoms in total. The smallest absolute Gasteiger partial charge is 0.339 e. The Bertz CT molecular complexity index is 847. The number of nitrogens with zero attached hydrogens (tertiary/aromatic N) is 2. The summed E-state index contributed by atoms with van der Waals surface area (Å²) in [6.45, 7) is 19.5. The predicted molar refractivity (Wildman–Crippen MR) is 120 cm³/mol. The second-order valence-electron chi connectivity index (χ2n) is 10.9. The lowest BCUT2D eigenvalue weighted by atomic mass is 9.83.